The lowest BCUT2D eigenvalue weighted by molar-refractivity contribution is -0.145. The van der Waals surface area contributed by atoms with Crippen molar-refractivity contribution in [1.82, 2.24) is 5.32 Å². The van der Waals surface area contributed by atoms with Gasteiger partial charge in [-0.05, 0) is 44.5 Å². The summed E-state index contributed by atoms with van der Waals surface area (Å²) in [5.74, 6) is -1.03. The van der Waals surface area contributed by atoms with E-state index in [-0.39, 0.29) is 0 Å². The van der Waals surface area contributed by atoms with E-state index in [4.69, 9.17) is 21.4 Å². The van der Waals surface area contributed by atoms with Crippen LogP contribution in [0, 0.1) is 0 Å². The summed E-state index contributed by atoms with van der Waals surface area (Å²) in [6.07, 6.45) is 1.04. The molecule has 116 valence electrons. The molecule has 0 aliphatic rings. The van der Waals surface area contributed by atoms with Crippen LogP contribution in [-0.4, -0.2) is 28.6 Å². The fraction of sp³-hybridized carbons (Fsp3) is 0.467. The van der Waals surface area contributed by atoms with Gasteiger partial charge < -0.3 is 15.2 Å². The molecule has 2 N–H and O–H groups in total. The Morgan fingerprint density at radius 1 is 1.33 bits per heavy atom. The van der Waals surface area contributed by atoms with E-state index in [2.05, 4.69) is 5.32 Å². The minimum Gasteiger partial charge on any atom is -0.480 e. The highest BCUT2D eigenvalue weighted by Gasteiger charge is 2.33. The van der Waals surface area contributed by atoms with Crippen molar-refractivity contribution >= 4 is 23.5 Å². The summed E-state index contributed by atoms with van der Waals surface area (Å²) < 4.78 is 5.61. The number of aliphatic carboxylic acids is 1. The van der Waals surface area contributed by atoms with Crippen LogP contribution in [0.4, 0.5) is 0 Å². The molecule has 6 heteroatoms. The number of hydrogen-bond donors (Lipinski definition) is 2. The van der Waals surface area contributed by atoms with Gasteiger partial charge in [-0.3, -0.25) is 4.79 Å². The van der Waals surface area contributed by atoms with Crippen molar-refractivity contribution in [2.45, 2.75) is 45.3 Å². The number of carbonyl (C=O) groups is 2. The molecule has 1 aromatic rings. The number of hydrogen-bond acceptors (Lipinski definition) is 3. The average molecular weight is 314 g/mol. The Labute approximate surface area is 129 Å². The van der Waals surface area contributed by atoms with Crippen molar-refractivity contribution < 1.29 is 19.4 Å². The fourth-order valence-corrected chi connectivity index (χ4v) is 1.85. The largest absolute Gasteiger partial charge is 0.480 e. The Hall–Kier alpha value is -1.75. The molecule has 0 radical (unpaired) electrons. The lowest BCUT2D eigenvalue weighted by Gasteiger charge is -2.27. The van der Waals surface area contributed by atoms with E-state index >= 15 is 0 Å². The second-order valence-electron chi connectivity index (χ2n) is 5.22. The first-order valence-electron chi connectivity index (χ1n) is 6.74. The van der Waals surface area contributed by atoms with E-state index in [1.54, 1.807) is 38.1 Å². The van der Waals surface area contributed by atoms with Crippen LogP contribution in [0.15, 0.2) is 24.3 Å². The molecule has 0 fully saturated rings. The third-order valence-electron chi connectivity index (χ3n) is 2.91. The molecule has 0 spiro atoms. The van der Waals surface area contributed by atoms with Gasteiger partial charge in [0.15, 0.2) is 5.60 Å². The molecule has 0 heterocycles. The molecule has 0 saturated carbocycles. The Morgan fingerprint density at radius 3 is 2.38 bits per heavy atom. The fourth-order valence-electron chi connectivity index (χ4n) is 1.72. The molecule has 0 aromatic heterocycles. The van der Waals surface area contributed by atoms with Crippen molar-refractivity contribution in [2.75, 3.05) is 0 Å². The molecule has 0 bridgehead atoms. The van der Waals surface area contributed by atoms with Gasteiger partial charge in [0.25, 0.3) is 5.91 Å². The first kappa shape index (κ1) is 17.3. The van der Waals surface area contributed by atoms with Gasteiger partial charge in [-0.25, -0.2) is 4.79 Å². The Kier molecular flexibility index (Phi) is 6.03. The van der Waals surface area contributed by atoms with Gasteiger partial charge in [-0.1, -0.05) is 24.9 Å². The summed E-state index contributed by atoms with van der Waals surface area (Å²) in [7, 11) is 0. The third-order valence-corrected chi connectivity index (χ3v) is 3.17. The SMILES string of the molecule is CCC[C@H](NC(=O)C(C)(C)Oc1ccc(Cl)cc1)C(=O)O. The van der Waals surface area contributed by atoms with E-state index in [1.165, 1.54) is 0 Å². The average Bonchev–Trinajstić information content (AvgIpc) is 2.40. The lowest BCUT2D eigenvalue weighted by atomic mass is 10.1. The van der Waals surface area contributed by atoms with Crippen LogP contribution in [0.3, 0.4) is 0 Å². The minimum absolute atomic E-state index is 0.373. The second-order valence-corrected chi connectivity index (χ2v) is 5.66. The summed E-state index contributed by atoms with van der Waals surface area (Å²) in [5, 5.41) is 12.1. The molecular weight excluding hydrogens is 294 g/mol. The maximum atomic E-state index is 12.2. The zero-order valence-corrected chi connectivity index (χ0v) is 13.1. The van der Waals surface area contributed by atoms with E-state index in [9.17, 15) is 9.59 Å². The first-order valence-corrected chi connectivity index (χ1v) is 7.12. The standard InChI is InChI=1S/C15H20ClNO4/c1-4-5-12(13(18)19)17-14(20)15(2,3)21-11-8-6-10(16)7-9-11/h6-9,12H,4-5H2,1-3H3,(H,17,20)(H,18,19)/t12-/m0/s1. The van der Waals surface area contributed by atoms with E-state index in [1.807, 2.05) is 6.92 Å². The van der Waals surface area contributed by atoms with Gasteiger partial charge in [0, 0.05) is 5.02 Å². The van der Waals surface area contributed by atoms with Crippen LogP contribution in [0.2, 0.25) is 5.02 Å². The van der Waals surface area contributed by atoms with Gasteiger partial charge in [-0.2, -0.15) is 0 Å². The Bertz CT molecular complexity index is 499. The Balaban J connectivity index is 2.74. The first-order chi connectivity index (χ1) is 9.76. The highest BCUT2D eigenvalue weighted by Crippen LogP contribution is 2.21. The van der Waals surface area contributed by atoms with Crippen molar-refractivity contribution in [3.8, 4) is 5.75 Å². The molecule has 0 saturated heterocycles. The zero-order valence-electron chi connectivity index (χ0n) is 12.4. The van der Waals surface area contributed by atoms with Crippen molar-refractivity contribution in [1.29, 1.82) is 0 Å². The van der Waals surface area contributed by atoms with Crippen LogP contribution in [-0.2, 0) is 9.59 Å². The smallest absolute Gasteiger partial charge is 0.326 e. The van der Waals surface area contributed by atoms with Crippen molar-refractivity contribution in [3.63, 3.8) is 0 Å². The van der Waals surface area contributed by atoms with Crippen molar-refractivity contribution in [3.05, 3.63) is 29.3 Å². The maximum Gasteiger partial charge on any atom is 0.326 e. The number of halogens is 1. The van der Waals surface area contributed by atoms with E-state index in [0.717, 1.165) is 0 Å². The zero-order chi connectivity index (χ0) is 16.0. The van der Waals surface area contributed by atoms with Crippen molar-refractivity contribution in [2.24, 2.45) is 0 Å². The normalized spacial score (nSPS) is 12.6. The van der Waals surface area contributed by atoms with E-state index < -0.39 is 23.5 Å². The second kappa shape index (κ2) is 7.31. The molecule has 1 aromatic carbocycles. The Morgan fingerprint density at radius 2 is 1.90 bits per heavy atom. The van der Waals surface area contributed by atoms with Crippen LogP contribution in [0.5, 0.6) is 5.75 Å². The summed E-state index contributed by atoms with van der Waals surface area (Å²) in [6, 6.07) is 5.70. The number of carboxylic acids is 1. The summed E-state index contributed by atoms with van der Waals surface area (Å²) >= 11 is 5.78. The monoisotopic (exact) mass is 313 g/mol. The number of rotatable bonds is 7. The van der Waals surface area contributed by atoms with Gasteiger partial charge in [0.2, 0.25) is 0 Å². The number of carbonyl (C=O) groups excluding carboxylic acids is 1. The predicted molar refractivity (Wildman–Crippen MR) is 80.6 cm³/mol. The molecule has 1 rings (SSSR count). The molecule has 0 aliphatic heterocycles. The molecule has 21 heavy (non-hydrogen) atoms. The number of nitrogens with one attached hydrogen (secondary N) is 1. The highest BCUT2D eigenvalue weighted by atomic mass is 35.5. The summed E-state index contributed by atoms with van der Waals surface area (Å²) in [6.45, 7) is 5.03. The summed E-state index contributed by atoms with van der Waals surface area (Å²) in [5.41, 5.74) is -1.19. The summed E-state index contributed by atoms with van der Waals surface area (Å²) in [4.78, 5) is 23.3. The molecule has 0 aliphatic carbocycles. The molecule has 5 nitrogen and oxygen atoms in total. The van der Waals surface area contributed by atoms with Crippen LogP contribution >= 0.6 is 11.6 Å². The van der Waals surface area contributed by atoms with Gasteiger partial charge >= 0.3 is 5.97 Å². The molecule has 0 unspecified atom stereocenters. The minimum atomic E-state index is -1.19. The lowest BCUT2D eigenvalue weighted by Crippen LogP contribution is -2.52. The van der Waals surface area contributed by atoms with Crippen LogP contribution in [0.1, 0.15) is 33.6 Å². The number of benzene rings is 1. The van der Waals surface area contributed by atoms with Crippen LogP contribution < -0.4 is 10.1 Å². The van der Waals surface area contributed by atoms with Gasteiger partial charge in [-0.15, -0.1) is 0 Å². The quantitative estimate of drug-likeness (QED) is 0.811. The number of amides is 1. The van der Waals surface area contributed by atoms with Gasteiger partial charge in [0.1, 0.15) is 11.8 Å². The predicted octanol–water partition coefficient (Wildman–Crippen LogP) is 2.87. The number of ether oxygens (including phenoxy) is 1. The van der Waals surface area contributed by atoms with Gasteiger partial charge in [0.05, 0.1) is 0 Å². The van der Waals surface area contributed by atoms with Crippen LogP contribution in [0.25, 0.3) is 0 Å². The van der Waals surface area contributed by atoms with E-state index in [0.29, 0.717) is 23.6 Å². The number of carboxylic acid groups (broad SMARTS) is 1. The molecule has 1 atom stereocenters. The highest BCUT2D eigenvalue weighted by molar-refractivity contribution is 6.30. The molecule has 1 amide bonds. The topological polar surface area (TPSA) is 75.6 Å². The third kappa shape index (κ3) is 5.27. The maximum absolute atomic E-state index is 12.2. The molecular formula is C15H20ClNO4.